The summed E-state index contributed by atoms with van der Waals surface area (Å²) in [5.74, 6) is 0.139. The van der Waals surface area contributed by atoms with Gasteiger partial charge in [-0.25, -0.2) is 0 Å². The van der Waals surface area contributed by atoms with Crippen LogP contribution in [0, 0.1) is 20.8 Å². The number of amides is 1. The zero-order valence-electron chi connectivity index (χ0n) is 12.1. The van der Waals surface area contributed by atoms with E-state index in [1.54, 1.807) is 11.9 Å². The number of carbonyl (C=O) groups excluding carboxylic acids is 1. The van der Waals surface area contributed by atoms with E-state index in [4.69, 9.17) is 0 Å². The molecule has 0 unspecified atom stereocenters. The average Bonchev–Trinajstić information content (AvgIpc) is 2.27. The van der Waals surface area contributed by atoms with Crippen molar-refractivity contribution in [3.63, 3.8) is 0 Å². The molecule has 0 saturated heterocycles. The number of hydrogen-bond acceptors (Lipinski definition) is 2. The summed E-state index contributed by atoms with van der Waals surface area (Å²) in [6.07, 6.45) is 0.921. The maximum atomic E-state index is 11.7. The second-order valence-corrected chi connectivity index (χ2v) is 4.97. The van der Waals surface area contributed by atoms with Gasteiger partial charge in [-0.2, -0.15) is 0 Å². The largest absolute Gasteiger partial charge is 0.344 e. The van der Waals surface area contributed by atoms with E-state index in [1.165, 1.54) is 22.3 Å². The second-order valence-electron chi connectivity index (χ2n) is 4.97. The van der Waals surface area contributed by atoms with E-state index in [1.807, 2.05) is 7.05 Å². The third kappa shape index (κ3) is 3.84. The number of hydrogen-bond donors (Lipinski definition) is 1. The minimum atomic E-state index is 0.139. The Morgan fingerprint density at radius 2 is 1.78 bits per heavy atom. The van der Waals surface area contributed by atoms with E-state index in [9.17, 15) is 4.79 Å². The zero-order chi connectivity index (χ0) is 13.7. The summed E-state index contributed by atoms with van der Waals surface area (Å²) in [4.78, 5) is 13.4. The molecule has 0 bridgehead atoms. The SMILES string of the molecule is CNCC(=O)N(C)CCc1c(C)cc(C)cc1C. The molecule has 0 spiro atoms. The predicted octanol–water partition coefficient (Wildman–Crippen LogP) is 1.83. The van der Waals surface area contributed by atoms with Gasteiger partial charge in [0.1, 0.15) is 0 Å². The number of likely N-dealkylation sites (N-methyl/N-ethyl adjacent to an activating group) is 2. The number of nitrogens with zero attached hydrogens (tertiary/aromatic N) is 1. The molecular weight excluding hydrogens is 224 g/mol. The van der Waals surface area contributed by atoms with Crippen molar-refractivity contribution in [2.45, 2.75) is 27.2 Å². The molecule has 0 aromatic heterocycles. The van der Waals surface area contributed by atoms with Crippen LogP contribution < -0.4 is 5.32 Å². The Morgan fingerprint density at radius 1 is 1.22 bits per heavy atom. The lowest BCUT2D eigenvalue weighted by Gasteiger charge is -2.19. The summed E-state index contributed by atoms with van der Waals surface area (Å²) in [5, 5.41) is 2.89. The molecule has 18 heavy (non-hydrogen) atoms. The van der Waals surface area contributed by atoms with Gasteiger partial charge in [0.15, 0.2) is 0 Å². The van der Waals surface area contributed by atoms with Crippen LogP contribution in [0.4, 0.5) is 0 Å². The van der Waals surface area contributed by atoms with Gasteiger partial charge in [0, 0.05) is 13.6 Å². The molecule has 0 aliphatic heterocycles. The Morgan fingerprint density at radius 3 is 2.28 bits per heavy atom. The van der Waals surface area contributed by atoms with Crippen molar-refractivity contribution in [1.29, 1.82) is 0 Å². The number of rotatable bonds is 5. The molecule has 0 heterocycles. The lowest BCUT2D eigenvalue weighted by atomic mass is 9.97. The first-order valence-corrected chi connectivity index (χ1v) is 6.41. The van der Waals surface area contributed by atoms with Gasteiger partial charge in [-0.15, -0.1) is 0 Å². The quantitative estimate of drug-likeness (QED) is 0.862. The molecule has 1 aromatic carbocycles. The molecule has 0 aliphatic carbocycles. The van der Waals surface area contributed by atoms with Crippen molar-refractivity contribution < 1.29 is 4.79 Å². The highest BCUT2D eigenvalue weighted by molar-refractivity contribution is 5.77. The van der Waals surface area contributed by atoms with E-state index in [0.717, 1.165) is 13.0 Å². The van der Waals surface area contributed by atoms with Crippen LogP contribution in [0.2, 0.25) is 0 Å². The van der Waals surface area contributed by atoms with Crippen LogP contribution >= 0.6 is 0 Å². The van der Waals surface area contributed by atoms with Gasteiger partial charge in [-0.05, 0) is 50.9 Å². The zero-order valence-corrected chi connectivity index (χ0v) is 12.1. The highest BCUT2D eigenvalue weighted by atomic mass is 16.2. The lowest BCUT2D eigenvalue weighted by Crippen LogP contribution is -2.35. The van der Waals surface area contributed by atoms with E-state index < -0.39 is 0 Å². The van der Waals surface area contributed by atoms with Gasteiger partial charge >= 0.3 is 0 Å². The van der Waals surface area contributed by atoms with Crippen molar-refractivity contribution >= 4 is 5.91 Å². The fraction of sp³-hybridized carbons (Fsp3) is 0.533. The Labute approximate surface area is 110 Å². The van der Waals surface area contributed by atoms with E-state index >= 15 is 0 Å². The second kappa shape index (κ2) is 6.55. The Kier molecular flexibility index (Phi) is 5.35. The Balaban J connectivity index is 2.66. The van der Waals surface area contributed by atoms with Gasteiger partial charge in [0.25, 0.3) is 0 Å². The molecule has 1 rings (SSSR count). The minimum absolute atomic E-state index is 0.139. The first kappa shape index (κ1) is 14.7. The molecule has 1 N–H and O–H groups in total. The van der Waals surface area contributed by atoms with Crippen LogP contribution in [0.1, 0.15) is 22.3 Å². The summed E-state index contributed by atoms with van der Waals surface area (Å²) in [7, 11) is 3.65. The molecular formula is C15H24N2O. The van der Waals surface area contributed by atoms with Crippen LogP contribution in [0.5, 0.6) is 0 Å². The number of nitrogens with one attached hydrogen (secondary N) is 1. The molecule has 0 fully saturated rings. The molecule has 3 heteroatoms. The molecule has 0 radical (unpaired) electrons. The fourth-order valence-corrected chi connectivity index (χ4v) is 2.29. The van der Waals surface area contributed by atoms with E-state index in [2.05, 4.69) is 38.2 Å². The van der Waals surface area contributed by atoms with Crippen LogP contribution in [-0.2, 0) is 11.2 Å². The molecule has 0 atom stereocenters. The lowest BCUT2D eigenvalue weighted by molar-refractivity contribution is -0.128. The fourth-order valence-electron chi connectivity index (χ4n) is 2.29. The minimum Gasteiger partial charge on any atom is -0.344 e. The van der Waals surface area contributed by atoms with Gasteiger partial charge in [-0.3, -0.25) is 4.79 Å². The van der Waals surface area contributed by atoms with Crippen molar-refractivity contribution in [2.75, 3.05) is 27.2 Å². The average molecular weight is 248 g/mol. The van der Waals surface area contributed by atoms with Gasteiger partial charge in [-0.1, -0.05) is 17.7 Å². The number of carbonyl (C=O) groups is 1. The summed E-state index contributed by atoms with van der Waals surface area (Å²) in [5.41, 5.74) is 5.31. The maximum absolute atomic E-state index is 11.7. The maximum Gasteiger partial charge on any atom is 0.236 e. The van der Waals surface area contributed by atoms with Crippen molar-refractivity contribution in [3.8, 4) is 0 Å². The monoisotopic (exact) mass is 248 g/mol. The van der Waals surface area contributed by atoms with E-state index in [-0.39, 0.29) is 5.91 Å². The third-order valence-electron chi connectivity index (χ3n) is 3.29. The van der Waals surface area contributed by atoms with Gasteiger partial charge in [0.05, 0.1) is 6.54 Å². The normalized spacial score (nSPS) is 10.5. The molecule has 100 valence electrons. The highest BCUT2D eigenvalue weighted by Crippen LogP contribution is 2.17. The van der Waals surface area contributed by atoms with Crippen LogP contribution in [0.3, 0.4) is 0 Å². The van der Waals surface area contributed by atoms with Crippen molar-refractivity contribution in [3.05, 3.63) is 34.4 Å². The van der Waals surface area contributed by atoms with Gasteiger partial charge in [0.2, 0.25) is 5.91 Å². The first-order valence-electron chi connectivity index (χ1n) is 6.41. The summed E-state index contributed by atoms with van der Waals surface area (Å²) in [6.45, 7) is 7.58. The Hall–Kier alpha value is -1.35. The Bertz CT molecular complexity index is 403. The number of benzene rings is 1. The van der Waals surface area contributed by atoms with E-state index in [0.29, 0.717) is 6.54 Å². The summed E-state index contributed by atoms with van der Waals surface area (Å²) >= 11 is 0. The molecule has 0 saturated carbocycles. The summed E-state index contributed by atoms with van der Waals surface area (Å²) in [6, 6.07) is 4.41. The predicted molar refractivity (Wildman–Crippen MR) is 75.9 cm³/mol. The standard InChI is InChI=1S/C15H24N2O/c1-11-8-12(2)14(13(3)9-11)6-7-17(5)15(18)10-16-4/h8-9,16H,6-7,10H2,1-5H3. The van der Waals surface area contributed by atoms with Crippen molar-refractivity contribution in [1.82, 2.24) is 10.2 Å². The molecule has 1 amide bonds. The molecule has 1 aromatic rings. The molecule has 3 nitrogen and oxygen atoms in total. The first-order chi connectivity index (χ1) is 8.45. The smallest absolute Gasteiger partial charge is 0.236 e. The van der Waals surface area contributed by atoms with Gasteiger partial charge < -0.3 is 10.2 Å². The molecule has 0 aliphatic rings. The van der Waals surface area contributed by atoms with Crippen molar-refractivity contribution in [2.24, 2.45) is 0 Å². The topological polar surface area (TPSA) is 32.3 Å². The highest BCUT2D eigenvalue weighted by Gasteiger charge is 2.09. The number of aryl methyl sites for hydroxylation is 3. The summed E-state index contributed by atoms with van der Waals surface area (Å²) < 4.78 is 0. The third-order valence-corrected chi connectivity index (χ3v) is 3.29. The van der Waals surface area contributed by atoms with Crippen LogP contribution in [-0.4, -0.2) is 38.0 Å². The van der Waals surface area contributed by atoms with Crippen LogP contribution in [0.15, 0.2) is 12.1 Å². The van der Waals surface area contributed by atoms with Crippen LogP contribution in [0.25, 0.3) is 0 Å².